The predicted octanol–water partition coefficient (Wildman–Crippen LogP) is 0.683. The third-order valence-corrected chi connectivity index (χ3v) is 3.54. The van der Waals surface area contributed by atoms with Crippen LogP contribution in [0.4, 0.5) is 0 Å². The highest BCUT2D eigenvalue weighted by molar-refractivity contribution is 7.99. The van der Waals surface area contributed by atoms with Gasteiger partial charge in [0, 0.05) is 5.75 Å². The quantitative estimate of drug-likeness (QED) is 0.719. The third kappa shape index (κ3) is 5.61. The number of imide groups is 1. The first-order valence-corrected chi connectivity index (χ1v) is 7.03. The lowest BCUT2D eigenvalue weighted by atomic mass is 10.2. The second kappa shape index (κ2) is 8.16. The minimum absolute atomic E-state index is 0.0211. The molecular formula is C12H14ClNO4S. The van der Waals surface area contributed by atoms with E-state index in [1.165, 1.54) is 6.07 Å². The normalized spacial score (nSPS) is 11.9. The zero-order chi connectivity index (χ0) is 14.3. The first-order chi connectivity index (χ1) is 9.04. The summed E-state index contributed by atoms with van der Waals surface area (Å²) in [5, 5.41) is 20.1. The van der Waals surface area contributed by atoms with Gasteiger partial charge in [0.05, 0.1) is 29.0 Å². The van der Waals surface area contributed by atoms with Gasteiger partial charge in [0.15, 0.2) is 0 Å². The number of hydrogen-bond acceptors (Lipinski definition) is 5. The van der Waals surface area contributed by atoms with Crippen LogP contribution in [0.15, 0.2) is 24.3 Å². The second-order valence-electron chi connectivity index (χ2n) is 3.71. The van der Waals surface area contributed by atoms with Crippen molar-refractivity contribution in [3.8, 4) is 0 Å². The molecule has 104 valence electrons. The highest BCUT2D eigenvalue weighted by atomic mass is 35.5. The molecule has 0 radical (unpaired) electrons. The summed E-state index contributed by atoms with van der Waals surface area (Å²) in [7, 11) is 0. The van der Waals surface area contributed by atoms with Crippen LogP contribution >= 0.6 is 23.4 Å². The van der Waals surface area contributed by atoms with Crippen LogP contribution in [0.2, 0.25) is 5.02 Å². The van der Waals surface area contributed by atoms with E-state index in [0.717, 1.165) is 11.8 Å². The van der Waals surface area contributed by atoms with Crippen molar-refractivity contribution in [2.45, 2.75) is 6.10 Å². The van der Waals surface area contributed by atoms with E-state index in [1.807, 2.05) is 0 Å². The van der Waals surface area contributed by atoms with E-state index in [-0.39, 0.29) is 28.7 Å². The fourth-order valence-electron chi connectivity index (χ4n) is 1.22. The van der Waals surface area contributed by atoms with Crippen molar-refractivity contribution in [2.24, 2.45) is 0 Å². The van der Waals surface area contributed by atoms with Crippen molar-refractivity contribution >= 4 is 35.2 Å². The fourth-order valence-corrected chi connectivity index (χ4v) is 2.19. The summed E-state index contributed by atoms with van der Waals surface area (Å²) in [6.45, 7) is -0.354. The summed E-state index contributed by atoms with van der Waals surface area (Å²) in [6, 6.07) is 6.42. The van der Waals surface area contributed by atoms with Crippen LogP contribution in [0.3, 0.4) is 0 Å². The van der Waals surface area contributed by atoms with E-state index in [2.05, 4.69) is 5.32 Å². The zero-order valence-corrected chi connectivity index (χ0v) is 11.6. The number of nitrogens with one attached hydrogen (secondary N) is 1. The third-order valence-electron chi connectivity index (χ3n) is 2.13. The lowest BCUT2D eigenvalue weighted by molar-refractivity contribution is -0.117. The molecule has 0 saturated carbocycles. The van der Waals surface area contributed by atoms with Crippen molar-refractivity contribution in [1.29, 1.82) is 0 Å². The zero-order valence-electron chi connectivity index (χ0n) is 10.0. The molecule has 0 spiro atoms. The summed E-state index contributed by atoms with van der Waals surface area (Å²) in [6.07, 6.45) is -0.864. The van der Waals surface area contributed by atoms with Crippen molar-refractivity contribution in [3.63, 3.8) is 0 Å². The van der Waals surface area contributed by atoms with E-state index < -0.39 is 17.9 Å². The molecule has 0 aromatic heterocycles. The molecule has 7 heteroatoms. The largest absolute Gasteiger partial charge is 0.394 e. The molecule has 5 nitrogen and oxygen atoms in total. The van der Waals surface area contributed by atoms with Gasteiger partial charge in [0.25, 0.3) is 5.91 Å². The van der Waals surface area contributed by atoms with Gasteiger partial charge in [-0.25, -0.2) is 0 Å². The molecule has 1 unspecified atom stereocenters. The lowest BCUT2D eigenvalue weighted by Gasteiger charge is -2.07. The molecule has 0 aliphatic carbocycles. The predicted molar refractivity (Wildman–Crippen MR) is 74.3 cm³/mol. The first kappa shape index (κ1) is 16.0. The smallest absolute Gasteiger partial charge is 0.259 e. The van der Waals surface area contributed by atoms with E-state index in [4.69, 9.17) is 21.8 Å². The molecule has 1 atom stereocenters. The Kier molecular flexibility index (Phi) is 6.86. The first-order valence-electron chi connectivity index (χ1n) is 5.50. The minimum Gasteiger partial charge on any atom is -0.394 e. The SMILES string of the molecule is O=C(CSCC(O)CO)NC(=O)c1ccccc1Cl. The molecule has 0 saturated heterocycles. The van der Waals surface area contributed by atoms with Gasteiger partial charge >= 0.3 is 0 Å². The molecule has 0 aliphatic heterocycles. The summed E-state index contributed by atoms with van der Waals surface area (Å²) in [5.41, 5.74) is 0.234. The lowest BCUT2D eigenvalue weighted by Crippen LogP contribution is -2.32. The Bertz CT molecular complexity index is 455. The van der Waals surface area contributed by atoms with Crippen LogP contribution in [-0.2, 0) is 4.79 Å². The number of aliphatic hydroxyl groups is 2. The number of hydrogen-bond donors (Lipinski definition) is 3. The molecule has 1 aromatic carbocycles. The van der Waals surface area contributed by atoms with Crippen LogP contribution in [0.5, 0.6) is 0 Å². The number of thioether (sulfide) groups is 1. The highest BCUT2D eigenvalue weighted by Crippen LogP contribution is 2.14. The van der Waals surface area contributed by atoms with Crippen molar-refractivity contribution in [1.82, 2.24) is 5.32 Å². The average molecular weight is 304 g/mol. The molecule has 1 aromatic rings. The average Bonchev–Trinajstić information content (AvgIpc) is 2.38. The van der Waals surface area contributed by atoms with Gasteiger partial charge in [0.2, 0.25) is 5.91 Å². The summed E-state index contributed by atoms with van der Waals surface area (Å²) in [5.74, 6) is -0.781. The van der Waals surface area contributed by atoms with Crippen molar-refractivity contribution < 1.29 is 19.8 Å². The van der Waals surface area contributed by atoms with Gasteiger partial charge in [-0.2, -0.15) is 0 Å². The Morgan fingerprint density at radius 2 is 2.05 bits per heavy atom. The van der Waals surface area contributed by atoms with Crippen LogP contribution in [-0.4, -0.2) is 46.2 Å². The minimum atomic E-state index is -0.864. The van der Waals surface area contributed by atoms with Gasteiger partial charge < -0.3 is 10.2 Å². The van der Waals surface area contributed by atoms with Crippen LogP contribution in [0, 0.1) is 0 Å². The van der Waals surface area contributed by atoms with Gasteiger partial charge in [-0.15, -0.1) is 11.8 Å². The monoisotopic (exact) mass is 303 g/mol. The summed E-state index contributed by atoms with van der Waals surface area (Å²) < 4.78 is 0. The number of benzene rings is 1. The maximum atomic E-state index is 11.7. The van der Waals surface area contributed by atoms with Crippen LogP contribution in [0.1, 0.15) is 10.4 Å². The van der Waals surface area contributed by atoms with Crippen LogP contribution < -0.4 is 5.32 Å². The molecule has 1 rings (SSSR count). The van der Waals surface area contributed by atoms with Gasteiger partial charge in [-0.1, -0.05) is 23.7 Å². The molecule has 0 heterocycles. The number of carbonyl (C=O) groups excluding carboxylic acids is 2. The summed E-state index contributed by atoms with van der Waals surface area (Å²) in [4.78, 5) is 23.2. The van der Waals surface area contributed by atoms with E-state index >= 15 is 0 Å². The molecule has 0 fully saturated rings. The maximum Gasteiger partial charge on any atom is 0.259 e. The van der Waals surface area contributed by atoms with Gasteiger partial charge in [0.1, 0.15) is 0 Å². The fraction of sp³-hybridized carbons (Fsp3) is 0.333. The van der Waals surface area contributed by atoms with E-state index in [0.29, 0.717) is 0 Å². The number of rotatable bonds is 6. The highest BCUT2D eigenvalue weighted by Gasteiger charge is 2.13. The number of aliphatic hydroxyl groups excluding tert-OH is 2. The Morgan fingerprint density at radius 1 is 1.37 bits per heavy atom. The standard InChI is InChI=1S/C12H14ClNO4S/c13-10-4-2-1-3-9(10)12(18)14-11(17)7-19-6-8(16)5-15/h1-4,8,15-16H,5-7H2,(H,14,17,18). The molecule has 2 amide bonds. The molecule has 19 heavy (non-hydrogen) atoms. The van der Waals surface area contributed by atoms with Gasteiger partial charge in [-0.3, -0.25) is 14.9 Å². The number of halogens is 1. The Labute approximate surface area is 120 Å². The Hall–Kier alpha value is -1.08. The Morgan fingerprint density at radius 3 is 2.68 bits per heavy atom. The number of amides is 2. The number of carbonyl (C=O) groups is 2. The molecule has 0 bridgehead atoms. The van der Waals surface area contributed by atoms with E-state index in [1.54, 1.807) is 18.2 Å². The summed E-state index contributed by atoms with van der Waals surface area (Å²) >= 11 is 6.96. The second-order valence-corrected chi connectivity index (χ2v) is 5.15. The molecular weight excluding hydrogens is 290 g/mol. The topological polar surface area (TPSA) is 86.6 Å². The molecule has 3 N–H and O–H groups in total. The van der Waals surface area contributed by atoms with E-state index in [9.17, 15) is 9.59 Å². The Balaban J connectivity index is 2.41. The van der Waals surface area contributed by atoms with Crippen molar-refractivity contribution in [2.75, 3.05) is 18.1 Å². The maximum absolute atomic E-state index is 11.7. The molecule has 0 aliphatic rings. The van der Waals surface area contributed by atoms with Crippen molar-refractivity contribution in [3.05, 3.63) is 34.9 Å². The van der Waals surface area contributed by atoms with Crippen LogP contribution in [0.25, 0.3) is 0 Å². The van der Waals surface area contributed by atoms with Gasteiger partial charge in [-0.05, 0) is 12.1 Å².